The van der Waals surface area contributed by atoms with Gasteiger partial charge in [-0.25, -0.2) is 0 Å². The first-order chi connectivity index (χ1) is 2.81. The van der Waals surface area contributed by atoms with E-state index in [-0.39, 0.29) is 19.4 Å². The summed E-state index contributed by atoms with van der Waals surface area (Å²) in [6.07, 6.45) is 0. The van der Waals surface area contributed by atoms with Gasteiger partial charge in [0.15, 0.2) is 0 Å². The Bertz CT molecular complexity index is 28.0. The molecular formula is C3H14NSi2-. The molecule has 0 aromatic rings. The summed E-state index contributed by atoms with van der Waals surface area (Å²) in [7, 11) is 2.35. The van der Waals surface area contributed by atoms with Gasteiger partial charge in [0.05, 0.1) is 0 Å². The molecule has 0 aromatic carbocycles. The summed E-state index contributed by atoms with van der Waals surface area (Å²) in [5.41, 5.74) is 0. The first kappa shape index (κ1) is 6.39. The molecule has 0 aliphatic carbocycles. The van der Waals surface area contributed by atoms with Crippen LogP contribution in [-0.4, -0.2) is 30.6 Å². The van der Waals surface area contributed by atoms with Crippen molar-refractivity contribution in [2.45, 2.75) is 13.1 Å². The van der Waals surface area contributed by atoms with Crippen LogP contribution in [0, 0.1) is 0 Å². The fourth-order valence-electron chi connectivity index (χ4n) is 0.316. The Morgan fingerprint density at radius 3 is 2.17 bits per heavy atom. The van der Waals surface area contributed by atoms with Crippen molar-refractivity contribution in [3.63, 3.8) is 0 Å². The number of hydrogen-bond donors (Lipinski definition) is 0. The van der Waals surface area contributed by atoms with Gasteiger partial charge in [-0.2, -0.15) is 0 Å². The molecule has 0 unspecified atom stereocenters. The van der Waals surface area contributed by atoms with Crippen LogP contribution in [-0.2, 0) is 0 Å². The third kappa shape index (κ3) is 2.62. The fraction of sp³-hybridized carbons (Fsp3) is 1.00. The summed E-state index contributed by atoms with van der Waals surface area (Å²) in [5.74, 6) is 0. The van der Waals surface area contributed by atoms with E-state index in [1.807, 2.05) is 0 Å². The van der Waals surface area contributed by atoms with E-state index in [2.05, 4.69) is 24.4 Å². The predicted molar refractivity (Wildman–Crippen MR) is 38.0 cm³/mol. The molecule has 0 aliphatic rings. The SMILES string of the molecule is C[SiH2]N(C)[SiH3-]C. The van der Waals surface area contributed by atoms with Crippen molar-refractivity contribution in [3.8, 4) is 0 Å². The maximum atomic E-state index is 2.58. The normalized spacial score (nSPS) is 12.7. The average Bonchev–Trinajstić information content (AvgIpc) is 1.65. The molecule has 1 nitrogen and oxygen atoms in total. The van der Waals surface area contributed by atoms with Crippen LogP contribution in [0.3, 0.4) is 0 Å². The maximum absolute atomic E-state index is 2.58. The molecule has 40 valence electrons. The van der Waals surface area contributed by atoms with E-state index in [4.69, 9.17) is 0 Å². The van der Waals surface area contributed by atoms with Gasteiger partial charge in [0.25, 0.3) is 0 Å². The van der Waals surface area contributed by atoms with Crippen LogP contribution < -0.4 is 0 Å². The standard InChI is InChI=1S/C3H14NSi2/c1-4(5-2)6-3/h5H2,1-3,6H3/q-1. The van der Waals surface area contributed by atoms with E-state index >= 15 is 0 Å². The molecule has 0 atom stereocenters. The van der Waals surface area contributed by atoms with Crippen molar-refractivity contribution in [2.24, 2.45) is 0 Å². The zero-order valence-electron chi connectivity index (χ0n) is 5.15. The van der Waals surface area contributed by atoms with Gasteiger partial charge < -0.3 is 0 Å². The van der Waals surface area contributed by atoms with Gasteiger partial charge in [-0.15, -0.1) is 0 Å². The number of hydrogen-bond acceptors (Lipinski definition) is 1. The molecule has 0 aromatic heterocycles. The van der Waals surface area contributed by atoms with Crippen LogP contribution in [0.15, 0.2) is 0 Å². The summed E-state index contributed by atoms with van der Waals surface area (Å²) in [4.78, 5) is 0. The molecule has 0 amide bonds. The van der Waals surface area contributed by atoms with Crippen LogP contribution >= 0.6 is 0 Å². The van der Waals surface area contributed by atoms with Crippen molar-refractivity contribution in [1.82, 2.24) is 4.23 Å². The fourth-order valence-corrected chi connectivity index (χ4v) is 2.85. The molecule has 0 saturated heterocycles. The Morgan fingerprint density at radius 2 is 2.17 bits per heavy atom. The van der Waals surface area contributed by atoms with E-state index in [0.29, 0.717) is 0 Å². The second-order valence-corrected chi connectivity index (χ2v) is 7.43. The van der Waals surface area contributed by atoms with Gasteiger partial charge >= 0.3 is 43.7 Å². The van der Waals surface area contributed by atoms with Crippen molar-refractivity contribution in [1.29, 1.82) is 0 Å². The number of nitrogens with zero attached hydrogens (tertiary/aromatic N) is 1. The Morgan fingerprint density at radius 1 is 1.67 bits per heavy atom. The Balaban J connectivity index is 2.75. The molecule has 6 heavy (non-hydrogen) atoms. The predicted octanol–water partition coefficient (Wildman–Crippen LogP) is -1.09. The van der Waals surface area contributed by atoms with Crippen LogP contribution in [0.25, 0.3) is 0 Å². The summed E-state index contributed by atoms with van der Waals surface area (Å²) in [6, 6.07) is 0. The Hall–Kier alpha value is 0.394. The zero-order chi connectivity index (χ0) is 4.99. The van der Waals surface area contributed by atoms with E-state index in [9.17, 15) is 0 Å². The molecule has 0 spiro atoms. The van der Waals surface area contributed by atoms with Gasteiger partial charge in [0, 0.05) is 0 Å². The van der Waals surface area contributed by atoms with Crippen molar-refractivity contribution in [3.05, 3.63) is 0 Å². The molecular weight excluding hydrogens is 106 g/mol. The van der Waals surface area contributed by atoms with Crippen molar-refractivity contribution in [2.75, 3.05) is 7.05 Å². The zero-order valence-corrected chi connectivity index (χ0v) is 8.57. The minimum atomic E-state index is -0.163. The molecule has 0 aliphatic heterocycles. The molecule has 0 heterocycles. The third-order valence-electron chi connectivity index (χ3n) is 1.40. The van der Waals surface area contributed by atoms with Crippen molar-refractivity contribution < 1.29 is 0 Å². The quantitative estimate of drug-likeness (QED) is 0.419. The van der Waals surface area contributed by atoms with E-state index in [1.54, 1.807) is 0 Å². The summed E-state index contributed by atoms with van der Waals surface area (Å²) >= 11 is 0. The van der Waals surface area contributed by atoms with Crippen LogP contribution in [0.4, 0.5) is 0 Å². The first-order valence-corrected chi connectivity index (χ1v) is 7.86. The third-order valence-corrected chi connectivity index (χ3v) is 7.98. The molecule has 0 rings (SSSR count). The molecule has 0 N–H and O–H groups in total. The second-order valence-electron chi connectivity index (χ2n) is 1.84. The van der Waals surface area contributed by atoms with Gasteiger partial charge in [0.2, 0.25) is 0 Å². The average molecular weight is 120 g/mol. The topological polar surface area (TPSA) is 3.24 Å². The number of rotatable bonds is 2. The summed E-state index contributed by atoms with van der Waals surface area (Å²) < 4.78 is 2.58. The second kappa shape index (κ2) is 3.58. The van der Waals surface area contributed by atoms with Crippen LogP contribution in [0.2, 0.25) is 13.1 Å². The molecule has 0 bridgehead atoms. The minimum absolute atomic E-state index is 0.163. The molecule has 0 radical (unpaired) electrons. The first-order valence-electron chi connectivity index (χ1n) is 2.92. The van der Waals surface area contributed by atoms with Gasteiger partial charge in [-0.3, -0.25) is 0 Å². The Labute approximate surface area is 44.5 Å². The summed E-state index contributed by atoms with van der Waals surface area (Å²) in [5, 5.41) is 0. The van der Waals surface area contributed by atoms with Gasteiger partial charge in [-0.05, 0) is 0 Å². The Kier molecular flexibility index (Phi) is 3.81. The van der Waals surface area contributed by atoms with E-state index in [0.717, 1.165) is 0 Å². The molecule has 3 heteroatoms. The van der Waals surface area contributed by atoms with Crippen LogP contribution in [0.5, 0.6) is 0 Å². The monoisotopic (exact) mass is 120 g/mol. The van der Waals surface area contributed by atoms with Crippen molar-refractivity contribution >= 4 is 19.4 Å². The van der Waals surface area contributed by atoms with Gasteiger partial charge in [-0.1, -0.05) is 0 Å². The summed E-state index contributed by atoms with van der Waals surface area (Å²) in [6.45, 7) is 4.73. The van der Waals surface area contributed by atoms with E-state index < -0.39 is 0 Å². The molecule has 0 saturated carbocycles. The molecule has 0 fully saturated rings. The van der Waals surface area contributed by atoms with E-state index in [1.165, 1.54) is 0 Å². The van der Waals surface area contributed by atoms with Crippen LogP contribution in [0.1, 0.15) is 0 Å². The van der Waals surface area contributed by atoms with Gasteiger partial charge in [0.1, 0.15) is 0 Å².